The van der Waals surface area contributed by atoms with Crippen LogP contribution >= 0.6 is 0 Å². The largest absolute Gasteiger partial charge is 0.506 e. The predicted molar refractivity (Wildman–Crippen MR) is 75.6 cm³/mol. The van der Waals surface area contributed by atoms with Crippen molar-refractivity contribution in [1.82, 2.24) is 9.88 Å². The molecule has 2 heterocycles. The van der Waals surface area contributed by atoms with E-state index in [1.807, 2.05) is 18.7 Å². The molecule has 0 bridgehead atoms. The average molecular weight is 278 g/mol. The van der Waals surface area contributed by atoms with Gasteiger partial charge in [0.1, 0.15) is 11.3 Å². The topological polar surface area (TPSA) is 73.7 Å². The van der Waals surface area contributed by atoms with E-state index in [4.69, 9.17) is 0 Å². The molecule has 0 aliphatic carbocycles. The van der Waals surface area contributed by atoms with Crippen molar-refractivity contribution in [3.8, 4) is 5.75 Å². The van der Waals surface area contributed by atoms with Crippen LogP contribution in [0.1, 0.15) is 44.0 Å². The van der Waals surface area contributed by atoms with Gasteiger partial charge in [0.15, 0.2) is 0 Å². The second-order valence-corrected chi connectivity index (χ2v) is 5.53. The molecular formula is C15H22N2O3. The molecule has 1 atom stereocenters. The summed E-state index contributed by atoms with van der Waals surface area (Å²) < 4.78 is 0. The van der Waals surface area contributed by atoms with Crippen LogP contribution in [0.25, 0.3) is 0 Å². The number of hydrogen-bond acceptors (Lipinski definition) is 4. The Labute approximate surface area is 119 Å². The van der Waals surface area contributed by atoms with Crippen molar-refractivity contribution in [1.29, 1.82) is 0 Å². The summed E-state index contributed by atoms with van der Waals surface area (Å²) in [7, 11) is 0. The van der Waals surface area contributed by atoms with Crippen LogP contribution in [0.2, 0.25) is 0 Å². The molecule has 0 saturated carbocycles. The maximum atomic E-state index is 11.7. The summed E-state index contributed by atoms with van der Waals surface area (Å²) in [6, 6.07) is 3.37. The first-order chi connectivity index (χ1) is 9.49. The van der Waals surface area contributed by atoms with Gasteiger partial charge in [0.25, 0.3) is 0 Å². The fraction of sp³-hybridized carbons (Fsp3) is 0.600. The molecule has 1 aromatic rings. The summed E-state index contributed by atoms with van der Waals surface area (Å²) in [5.74, 6) is -0.623. The van der Waals surface area contributed by atoms with E-state index in [9.17, 15) is 15.0 Å². The summed E-state index contributed by atoms with van der Waals surface area (Å²) in [6.07, 6.45) is 3.01. The van der Waals surface area contributed by atoms with E-state index < -0.39 is 11.5 Å². The number of nitrogens with zero attached hydrogens (tertiary/aromatic N) is 2. The number of aliphatic carboxylic acids is 1. The van der Waals surface area contributed by atoms with Crippen LogP contribution in [-0.2, 0) is 11.3 Å². The third-order valence-corrected chi connectivity index (χ3v) is 4.12. The van der Waals surface area contributed by atoms with Crippen LogP contribution in [0.4, 0.5) is 0 Å². The van der Waals surface area contributed by atoms with Gasteiger partial charge in [0, 0.05) is 12.2 Å². The summed E-state index contributed by atoms with van der Waals surface area (Å²) in [5.41, 5.74) is 0.592. The minimum Gasteiger partial charge on any atom is -0.506 e. The summed E-state index contributed by atoms with van der Waals surface area (Å²) >= 11 is 0. The third kappa shape index (κ3) is 2.63. The quantitative estimate of drug-likeness (QED) is 0.864. The number of hydrogen-bond donors (Lipinski definition) is 2. The second-order valence-electron chi connectivity index (χ2n) is 5.53. The van der Waals surface area contributed by atoms with Gasteiger partial charge in [-0.25, -0.2) is 0 Å². The van der Waals surface area contributed by atoms with Gasteiger partial charge in [-0.2, -0.15) is 0 Å². The number of pyridine rings is 1. The van der Waals surface area contributed by atoms with Crippen molar-refractivity contribution in [3.05, 3.63) is 23.5 Å². The van der Waals surface area contributed by atoms with Crippen LogP contribution in [0.15, 0.2) is 12.1 Å². The maximum absolute atomic E-state index is 11.7. The first-order valence-electron chi connectivity index (χ1n) is 7.13. The highest BCUT2D eigenvalue weighted by molar-refractivity contribution is 5.79. The zero-order valence-electron chi connectivity index (χ0n) is 12.1. The Morgan fingerprint density at radius 2 is 2.25 bits per heavy atom. The van der Waals surface area contributed by atoms with E-state index in [-0.39, 0.29) is 5.75 Å². The Morgan fingerprint density at radius 1 is 1.50 bits per heavy atom. The lowest BCUT2D eigenvalue weighted by atomic mass is 9.90. The molecule has 1 aliphatic heterocycles. The number of likely N-dealkylation sites (tertiary alicyclic amines) is 1. The van der Waals surface area contributed by atoms with Crippen LogP contribution < -0.4 is 0 Å². The van der Waals surface area contributed by atoms with Crippen molar-refractivity contribution >= 4 is 5.97 Å². The number of aromatic hydroxyl groups is 1. The number of rotatable bonds is 5. The SMILES string of the molecule is CCCC1(C(=O)O)CCCN1Cc1nc(C)ccc1O. The molecule has 1 unspecified atom stereocenters. The molecule has 1 aromatic heterocycles. The minimum atomic E-state index is -0.799. The third-order valence-electron chi connectivity index (χ3n) is 4.12. The zero-order chi connectivity index (χ0) is 14.8. The van der Waals surface area contributed by atoms with E-state index in [1.165, 1.54) is 0 Å². The van der Waals surface area contributed by atoms with Crippen LogP contribution in [0, 0.1) is 6.92 Å². The Bertz CT molecular complexity index is 504. The van der Waals surface area contributed by atoms with Crippen molar-refractivity contribution in [2.75, 3.05) is 6.54 Å². The standard InChI is InChI=1S/C15H22N2O3/c1-3-7-15(14(19)20)8-4-9-17(15)10-12-13(18)6-5-11(2)16-12/h5-6,18H,3-4,7-10H2,1-2H3,(H,19,20). The number of carboxylic acids is 1. The Morgan fingerprint density at radius 3 is 2.90 bits per heavy atom. The molecule has 110 valence electrons. The van der Waals surface area contributed by atoms with Gasteiger partial charge in [-0.3, -0.25) is 14.7 Å². The van der Waals surface area contributed by atoms with Gasteiger partial charge in [-0.05, 0) is 44.9 Å². The van der Waals surface area contributed by atoms with Crippen LogP contribution in [0.5, 0.6) is 5.75 Å². The van der Waals surface area contributed by atoms with Gasteiger partial charge in [-0.15, -0.1) is 0 Å². The first kappa shape index (κ1) is 14.8. The molecule has 20 heavy (non-hydrogen) atoms. The lowest BCUT2D eigenvalue weighted by Crippen LogP contribution is -2.50. The highest BCUT2D eigenvalue weighted by Gasteiger charge is 2.46. The monoisotopic (exact) mass is 278 g/mol. The van der Waals surface area contributed by atoms with Gasteiger partial charge in [-0.1, -0.05) is 13.3 Å². The van der Waals surface area contributed by atoms with Gasteiger partial charge < -0.3 is 10.2 Å². The molecule has 1 aliphatic rings. The smallest absolute Gasteiger partial charge is 0.324 e. The van der Waals surface area contributed by atoms with Crippen molar-refractivity contribution in [2.45, 2.75) is 51.6 Å². The van der Waals surface area contributed by atoms with Gasteiger partial charge in [0.05, 0.1) is 5.69 Å². The Balaban J connectivity index is 2.26. The summed E-state index contributed by atoms with van der Waals surface area (Å²) in [4.78, 5) is 18.0. The molecule has 0 radical (unpaired) electrons. The number of aromatic nitrogens is 1. The fourth-order valence-corrected chi connectivity index (χ4v) is 3.11. The molecule has 0 amide bonds. The van der Waals surface area contributed by atoms with Crippen LogP contribution in [0.3, 0.4) is 0 Å². The molecule has 2 rings (SSSR count). The molecule has 1 fully saturated rings. The Kier molecular flexibility index (Phi) is 4.28. The average Bonchev–Trinajstić information content (AvgIpc) is 2.79. The van der Waals surface area contributed by atoms with Crippen molar-refractivity contribution in [2.24, 2.45) is 0 Å². The maximum Gasteiger partial charge on any atom is 0.324 e. The van der Waals surface area contributed by atoms with Crippen LogP contribution in [-0.4, -0.2) is 38.1 Å². The normalized spacial score (nSPS) is 23.1. The fourth-order valence-electron chi connectivity index (χ4n) is 3.11. The van der Waals surface area contributed by atoms with E-state index in [2.05, 4.69) is 4.98 Å². The second kappa shape index (κ2) is 5.79. The highest BCUT2D eigenvalue weighted by Crippen LogP contribution is 2.36. The summed E-state index contributed by atoms with van der Waals surface area (Å²) in [6.45, 7) is 4.99. The molecular weight excluding hydrogens is 256 g/mol. The van der Waals surface area contributed by atoms with Gasteiger partial charge >= 0.3 is 5.97 Å². The predicted octanol–water partition coefficient (Wildman–Crippen LogP) is 2.31. The minimum absolute atomic E-state index is 0.137. The number of carbonyl (C=O) groups is 1. The first-order valence-corrected chi connectivity index (χ1v) is 7.13. The Hall–Kier alpha value is -1.62. The van der Waals surface area contributed by atoms with E-state index in [0.717, 1.165) is 25.1 Å². The molecule has 0 spiro atoms. The van der Waals surface area contributed by atoms with E-state index >= 15 is 0 Å². The lowest BCUT2D eigenvalue weighted by molar-refractivity contribution is -0.150. The summed E-state index contributed by atoms with van der Waals surface area (Å²) in [5, 5.41) is 19.5. The highest BCUT2D eigenvalue weighted by atomic mass is 16.4. The van der Waals surface area contributed by atoms with Crippen molar-refractivity contribution in [3.63, 3.8) is 0 Å². The molecule has 2 N–H and O–H groups in total. The molecule has 5 nitrogen and oxygen atoms in total. The molecule has 1 saturated heterocycles. The molecule has 0 aromatic carbocycles. The van der Waals surface area contributed by atoms with Gasteiger partial charge in [0.2, 0.25) is 0 Å². The van der Waals surface area contributed by atoms with E-state index in [0.29, 0.717) is 25.1 Å². The zero-order valence-corrected chi connectivity index (χ0v) is 12.1. The number of carboxylic acid groups (broad SMARTS) is 1. The van der Waals surface area contributed by atoms with E-state index in [1.54, 1.807) is 12.1 Å². The van der Waals surface area contributed by atoms with Crippen molar-refractivity contribution < 1.29 is 15.0 Å². The lowest BCUT2D eigenvalue weighted by Gasteiger charge is -2.34. The number of aryl methyl sites for hydroxylation is 1. The molecule has 5 heteroatoms.